The molecule has 1 aromatic carbocycles. The van der Waals surface area contributed by atoms with E-state index in [0.717, 1.165) is 0 Å². The quantitative estimate of drug-likeness (QED) is 0.921. The fourth-order valence-corrected chi connectivity index (χ4v) is 1.72. The molecule has 0 saturated heterocycles. The average molecular weight is 267 g/mol. The first kappa shape index (κ1) is 12.6. The molecule has 2 aromatic rings. The minimum absolute atomic E-state index is 0.0332. The highest BCUT2D eigenvalue weighted by Gasteiger charge is 2.17. The number of nitrogens with zero attached hydrogens (tertiary/aromatic N) is 2. The van der Waals surface area contributed by atoms with Crippen LogP contribution >= 0.6 is 11.6 Å². The summed E-state index contributed by atoms with van der Waals surface area (Å²) >= 11 is 5.87. The van der Waals surface area contributed by atoms with Crippen LogP contribution in [0.15, 0.2) is 28.8 Å². The van der Waals surface area contributed by atoms with Crippen LogP contribution in [0.4, 0.5) is 0 Å². The molecule has 1 aromatic heterocycles. The molecule has 18 heavy (non-hydrogen) atoms. The van der Waals surface area contributed by atoms with Gasteiger partial charge in [-0.15, -0.1) is 0 Å². The molecule has 6 heteroatoms. The minimum Gasteiger partial charge on any atom is -0.481 e. The van der Waals surface area contributed by atoms with Crippen LogP contribution in [0, 0.1) is 0 Å². The van der Waals surface area contributed by atoms with Gasteiger partial charge in [-0.3, -0.25) is 4.79 Å². The zero-order valence-corrected chi connectivity index (χ0v) is 10.4. The highest BCUT2D eigenvalue weighted by Crippen LogP contribution is 2.23. The van der Waals surface area contributed by atoms with Gasteiger partial charge in [-0.05, 0) is 18.2 Å². The third-order valence-electron chi connectivity index (χ3n) is 2.43. The van der Waals surface area contributed by atoms with Gasteiger partial charge in [-0.25, -0.2) is 0 Å². The van der Waals surface area contributed by atoms with E-state index in [2.05, 4.69) is 10.1 Å². The molecule has 0 bridgehead atoms. The van der Waals surface area contributed by atoms with Crippen molar-refractivity contribution in [3.63, 3.8) is 0 Å². The van der Waals surface area contributed by atoms with Crippen molar-refractivity contribution in [2.75, 3.05) is 0 Å². The molecule has 0 aliphatic carbocycles. The normalized spacial score (nSPS) is 12.3. The van der Waals surface area contributed by atoms with Gasteiger partial charge >= 0.3 is 5.97 Å². The molecule has 5 nitrogen and oxygen atoms in total. The molecule has 0 amide bonds. The van der Waals surface area contributed by atoms with E-state index in [1.165, 1.54) is 0 Å². The summed E-state index contributed by atoms with van der Waals surface area (Å²) in [7, 11) is 0. The third-order valence-corrected chi connectivity index (χ3v) is 2.67. The van der Waals surface area contributed by atoms with Gasteiger partial charge in [-0.1, -0.05) is 29.7 Å². The molecule has 2 rings (SSSR count). The molecule has 0 radical (unpaired) electrons. The maximum atomic E-state index is 10.6. The molecular weight excluding hydrogens is 256 g/mol. The first-order chi connectivity index (χ1) is 8.56. The fourth-order valence-electron chi connectivity index (χ4n) is 1.53. The van der Waals surface area contributed by atoms with Crippen LogP contribution in [0.1, 0.15) is 25.1 Å². The van der Waals surface area contributed by atoms with Crippen LogP contribution in [0.25, 0.3) is 11.5 Å². The molecule has 1 unspecified atom stereocenters. The Balaban J connectivity index is 2.22. The Bertz CT molecular complexity index is 568. The molecular formula is C12H11ClN2O3. The number of carboxylic acids is 1. The van der Waals surface area contributed by atoms with Crippen molar-refractivity contribution < 1.29 is 14.4 Å². The van der Waals surface area contributed by atoms with Crippen LogP contribution in [0.2, 0.25) is 5.02 Å². The number of halogens is 1. The summed E-state index contributed by atoms with van der Waals surface area (Å²) in [6, 6.07) is 7.03. The second kappa shape index (κ2) is 5.18. The van der Waals surface area contributed by atoms with E-state index in [0.29, 0.717) is 22.3 Å². The number of hydrogen-bond donors (Lipinski definition) is 1. The van der Waals surface area contributed by atoms with Crippen molar-refractivity contribution in [2.45, 2.75) is 19.3 Å². The molecule has 0 saturated carbocycles. The van der Waals surface area contributed by atoms with Gasteiger partial charge in [0.15, 0.2) is 5.82 Å². The van der Waals surface area contributed by atoms with Crippen molar-refractivity contribution in [2.24, 2.45) is 0 Å². The monoisotopic (exact) mass is 266 g/mol. The molecule has 1 atom stereocenters. The predicted molar refractivity (Wildman–Crippen MR) is 65.4 cm³/mol. The standard InChI is InChI=1S/C12H11ClN2O3/c1-7(5-10(16)17)11-14-12(18-15-11)8-3-2-4-9(13)6-8/h2-4,6-7H,5H2,1H3,(H,16,17). The lowest BCUT2D eigenvalue weighted by molar-refractivity contribution is -0.137. The highest BCUT2D eigenvalue weighted by molar-refractivity contribution is 6.30. The van der Waals surface area contributed by atoms with E-state index in [9.17, 15) is 4.79 Å². The number of aromatic nitrogens is 2. The number of hydrogen-bond acceptors (Lipinski definition) is 4. The van der Waals surface area contributed by atoms with Crippen LogP contribution < -0.4 is 0 Å². The summed E-state index contributed by atoms with van der Waals surface area (Å²) in [4.78, 5) is 14.8. The number of benzene rings is 1. The molecule has 94 valence electrons. The van der Waals surface area contributed by atoms with Crippen LogP contribution in [0.5, 0.6) is 0 Å². The second-order valence-corrected chi connectivity index (χ2v) is 4.40. The minimum atomic E-state index is -0.892. The first-order valence-electron chi connectivity index (χ1n) is 5.37. The Morgan fingerprint density at radius 3 is 3.00 bits per heavy atom. The number of carboxylic acid groups (broad SMARTS) is 1. The summed E-state index contributed by atoms with van der Waals surface area (Å²) in [5, 5.41) is 13.1. The van der Waals surface area contributed by atoms with E-state index in [4.69, 9.17) is 21.2 Å². The number of carbonyl (C=O) groups is 1. The van der Waals surface area contributed by atoms with Gasteiger partial charge in [0, 0.05) is 16.5 Å². The van der Waals surface area contributed by atoms with E-state index >= 15 is 0 Å². The van der Waals surface area contributed by atoms with Gasteiger partial charge < -0.3 is 9.63 Å². The average Bonchev–Trinajstić information content (AvgIpc) is 2.77. The lowest BCUT2D eigenvalue weighted by Gasteiger charge is -2.00. The number of rotatable bonds is 4. The summed E-state index contributed by atoms with van der Waals surface area (Å²) in [5.74, 6) is -0.465. The molecule has 0 fully saturated rings. The highest BCUT2D eigenvalue weighted by atomic mass is 35.5. The van der Waals surface area contributed by atoms with Gasteiger partial charge in [-0.2, -0.15) is 4.98 Å². The molecule has 1 heterocycles. The topological polar surface area (TPSA) is 76.2 Å². The summed E-state index contributed by atoms with van der Waals surface area (Å²) in [6.45, 7) is 1.74. The summed E-state index contributed by atoms with van der Waals surface area (Å²) < 4.78 is 5.10. The maximum absolute atomic E-state index is 10.6. The Morgan fingerprint density at radius 2 is 2.33 bits per heavy atom. The van der Waals surface area contributed by atoms with Gasteiger partial charge in [0.2, 0.25) is 0 Å². The zero-order chi connectivity index (χ0) is 13.1. The van der Waals surface area contributed by atoms with Gasteiger partial charge in [0.1, 0.15) is 0 Å². The van der Waals surface area contributed by atoms with Crippen molar-refractivity contribution >= 4 is 17.6 Å². The van der Waals surface area contributed by atoms with E-state index in [-0.39, 0.29) is 12.3 Å². The van der Waals surface area contributed by atoms with Gasteiger partial charge in [0.05, 0.1) is 6.42 Å². The maximum Gasteiger partial charge on any atom is 0.304 e. The molecule has 0 spiro atoms. The lowest BCUT2D eigenvalue weighted by atomic mass is 10.1. The van der Waals surface area contributed by atoms with Crippen LogP contribution in [-0.2, 0) is 4.79 Å². The summed E-state index contributed by atoms with van der Waals surface area (Å²) in [5.41, 5.74) is 0.712. The molecule has 1 N–H and O–H groups in total. The van der Waals surface area contributed by atoms with Crippen molar-refractivity contribution in [1.29, 1.82) is 0 Å². The number of aliphatic carboxylic acids is 1. The van der Waals surface area contributed by atoms with Gasteiger partial charge in [0.25, 0.3) is 5.89 Å². The SMILES string of the molecule is CC(CC(=O)O)c1noc(-c2cccc(Cl)c2)n1. The smallest absolute Gasteiger partial charge is 0.304 e. The van der Waals surface area contributed by atoms with E-state index < -0.39 is 5.97 Å². The Hall–Kier alpha value is -1.88. The van der Waals surface area contributed by atoms with Crippen LogP contribution in [0.3, 0.4) is 0 Å². The third kappa shape index (κ3) is 2.87. The molecule has 0 aliphatic rings. The Kier molecular flexibility index (Phi) is 3.62. The van der Waals surface area contributed by atoms with E-state index in [1.54, 1.807) is 31.2 Å². The Morgan fingerprint density at radius 1 is 1.56 bits per heavy atom. The fraction of sp³-hybridized carbons (Fsp3) is 0.250. The van der Waals surface area contributed by atoms with Crippen molar-refractivity contribution in [3.05, 3.63) is 35.1 Å². The lowest BCUT2D eigenvalue weighted by Crippen LogP contribution is -2.04. The largest absolute Gasteiger partial charge is 0.481 e. The van der Waals surface area contributed by atoms with Crippen molar-refractivity contribution in [1.82, 2.24) is 10.1 Å². The predicted octanol–water partition coefficient (Wildman–Crippen LogP) is 2.97. The molecule has 0 aliphatic heterocycles. The zero-order valence-electron chi connectivity index (χ0n) is 9.63. The second-order valence-electron chi connectivity index (χ2n) is 3.97. The first-order valence-corrected chi connectivity index (χ1v) is 5.75. The van der Waals surface area contributed by atoms with Crippen molar-refractivity contribution in [3.8, 4) is 11.5 Å². The van der Waals surface area contributed by atoms with Crippen LogP contribution in [-0.4, -0.2) is 21.2 Å². The van der Waals surface area contributed by atoms with E-state index in [1.807, 2.05) is 0 Å². The summed E-state index contributed by atoms with van der Waals surface area (Å²) in [6.07, 6.45) is -0.0332. The Labute approximate surface area is 108 Å².